The molecule has 0 spiro atoms. The zero-order valence-corrected chi connectivity index (χ0v) is 9.43. The van der Waals surface area contributed by atoms with Crippen LogP contribution < -0.4 is 5.32 Å². The number of nitrogens with one attached hydrogen (secondary N) is 1. The highest BCUT2D eigenvalue weighted by molar-refractivity contribution is 9.10. The van der Waals surface area contributed by atoms with Crippen molar-refractivity contribution in [3.05, 3.63) is 22.3 Å². The van der Waals surface area contributed by atoms with Gasteiger partial charge in [0.15, 0.2) is 0 Å². The summed E-state index contributed by atoms with van der Waals surface area (Å²) in [6.07, 6.45) is 3.01. The van der Waals surface area contributed by atoms with Crippen molar-refractivity contribution >= 4 is 21.7 Å². The molecule has 1 N–H and O–H groups in total. The van der Waals surface area contributed by atoms with Crippen LogP contribution in [-0.2, 0) is 0 Å². The fourth-order valence-electron chi connectivity index (χ4n) is 2.02. The van der Waals surface area contributed by atoms with E-state index in [0.29, 0.717) is 12.0 Å². The van der Waals surface area contributed by atoms with Gasteiger partial charge in [-0.05, 0) is 35.3 Å². The quantitative estimate of drug-likeness (QED) is 0.816. The zero-order valence-electron chi connectivity index (χ0n) is 7.84. The molecule has 2 unspecified atom stereocenters. The van der Waals surface area contributed by atoms with E-state index >= 15 is 0 Å². The van der Waals surface area contributed by atoms with Gasteiger partial charge < -0.3 is 5.32 Å². The van der Waals surface area contributed by atoms with Gasteiger partial charge in [-0.3, -0.25) is 0 Å². The van der Waals surface area contributed by atoms with Gasteiger partial charge >= 0.3 is 0 Å². The van der Waals surface area contributed by atoms with E-state index in [4.69, 9.17) is 0 Å². The molecule has 2 atom stereocenters. The maximum absolute atomic E-state index is 4.35. The van der Waals surface area contributed by atoms with Crippen molar-refractivity contribution < 1.29 is 0 Å². The van der Waals surface area contributed by atoms with Crippen LogP contribution >= 0.6 is 15.9 Å². The highest BCUT2D eigenvalue weighted by Crippen LogP contribution is 2.37. The van der Waals surface area contributed by atoms with Gasteiger partial charge in [-0.1, -0.05) is 6.92 Å². The van der Waals surface area contributed by atoms with Gasteiger partial charge in [0, 0.05) is 28.2 Å². The number of anilines is 1. The number of nitrogens with zero attached hydrogens (tertiary/aromatic N) is 1. The smallest absolute Gasteiger partial charge is 0.129 e. The molecule has 0 aliphatic carbocycles. The molecule has 1 aromatic rings. The molecule has 0 saturated heterocycles. The Bertz CT molecular complexity index is 325. The lowest BCUT2D eigenvalue weighted by atomic mass is 9.95. The Balaban J connectivity index is 2.44. The molecule has 70 valence electrons. The fourth-order valence-corrected chi connectivity index (χ4v) is 2.37. The van der Waals surface area contributed by atoms with Crippen LogP contribution in [0.1, 0.15) is 31.7 Å². The number of hydrogen-bond donors (Lipinski definition) is 1. The minimum atomic E-state index is 0.516. The molecule has 0 saturated carbocycles. The number of pyridine rings is 1. The summed E-state index contributed by atoms with van der Waals surface area (Å²) in [6, 6.07) is 2.69. The topological polar surface area (TPSA) is 24.9 Å². The van der Waals surface area contributed by atoms with Crippen molar-refractivity contribution in [2.75, 3.05) is 5.32 Å². The molecule has 3 heteroatoms. The van der Waals surface area contributed by atoms with Crippen molar-refractivity contribution in [2.45, 2.75) is 32.2 Å². The molecule has 2 nitrogen and oxygen atoms in total. The maximum atomic E-state index is 4.35. The Hall–Kier alpha value is -0.570. The summed E-state index contributed by atoms with van der Waals surface area (Å²) < 4.78 is 1.07. The summed E-state index contributed by atoms with van der Waals surface area (Å²) in [5, 5.41) is 3.39. The van der Waals surface area contributed by atoms with Crippen LogP contribution in [0.5, 0.6) is 0 Å². The summed E-state index contributed by atoms with van der Waals surface area (Å²) in [5.74, 6) is 1.67. The minimum Gasteiger partial charge on any atom is -0.367 e. The highest BCUT2D eigenvalue weighted by atomic mass is 79.9. The van der Waals surface area contributed by atoms with E-state index in [2.05, 4.69) is 46.1 Å². The Morgan fingerprint density at radius 1 is 1.62 bits per heavy atom. The third kappa shape index (κ3) is 1.46. The number of rotatable bonds is 1. The van der Waals surface area contributed by atoms with Gasteiger partial charge in [0.05, 0.1) is 0 Å². The van der Waals surface area contributed by atoms with Crippen molar-refractivity contribution in [2.24, 2.45) is 0 Å². The molecule has 0 aromatic carbocycles. The van der Waals surface area contributed by atoms with Crippen LogP contribution in [0.3, 0.4) is 0 Å². The Kier molecular flexibility index (Phi) is 2.28. The van der Waals surface area contributed by atoms with E-state index in [0.717, 1.165) is 10.3 Å². The summed E-state index contributed by atoms with van der Waals surface area (Å²) in [6.45, 7) is 4.43. The second-order valence-electron chi connectivity index (χ2n) is 3.54. The number of halogens is 1. The molecule has 0 bridgehead atoms. The van der Waals surface area contributed by atoms with Crippen LogP contribution in [0.4, 0.5) is 5.82 Å². The summed E-state index contributed by atoms with van der Waals surface area (Å²) >= 11 is 3.45. The molecule has 2 rings (SSSR count). The zero-order chi connectivity index (χ0) is 9.42. The van der Waals surface area contributed by atoms with Crippen molar-refractivity contribution in [1.29, 1.82) is 0 Å². The average molecular weight is 241 g/mol. The molecule has 13 heavy (non-hydrogen) atoms. The van der Waals surface area contributed by atoms with Gasteiger partial charge in [0.25, 0.3) is 0 Å². The standard InChI is InChI=1S/C10H13BrN2/c1-3-8-6(2)13-10-9(8)4-7(11)5-12-10/h4-6,8H,3H2,1-2H3,(H,12,13). The van der Waals surface area contributed by atoms with E-state index in [9.17, 15) is 0 Å². The van der Waals surface area contributed by atoms with Crippen LogP contribution in [0.15, 0.2) is 16.7 Å². The third-order valence-corrected chi connectivity index (χ3v) is 3.12. The molecule has 0 fully saturated rings. The van der Waals surface area contributed by atoms with Gasteiger partial charge in [0.1, 0.15) is 5.82 Å². The van der Waals surface area contributed by atoms with Crippen LogP contribution in [-0.4, -0.2) is 11.0 Å². The molecule has 1 aliphatic heterocycles. The average Bonchev–Trinajstić information content (AvgIpc) is 2.40. The lowest BCUT2D eigenvalue weighted by Crippen LogP contribution is -2.15. The first-order valence-electron chi connectivity index (χ1n) is 4.64. The number of fused-ring (bicyclic) bond motifs is 1. The fraction of sp³-hybridized carbons (Fsp3) is 0.500. The van der Waals surface area contributed by atoms with Crippen molar-refractivity contribution in [3.8, 4) is 0 Å². The normalized spacial score (nSPS) is 25.5. The second kappa shape index (κ2) is 3.29. The van der Waals surface area contributed by atoms with Gasteiger partial charge in [-0.15, -0.1) is 0 Å². The molecule has 2 heterocycles. The highest BCUT2D eigenvalue weighted by Gasteiger charge is 2.28. The summed E-state index contributed by atoms with van der Waals surface area (Å²) in [4.78, 5) is 4.35. The molecule has 1 aromatic heterocycles. The predicted octanol–water partition coefficient (Wildman–Crippen LogP) is 3.15. The maximum Gasteiger partial charge on any atom is 0.129 e. The lowest BCUT2D eigenvalue weighted by molar-refractivity contribution is 0.613. The van der Waals surface area contributed by atoms with E-state index in [1.807, 2.05) is 6.20 Å². The first-order chi connectivity index (χ1) is 6.22. The van der Waals surface area contributed by atoms with Crippen LogP contribution in [0.25, 0.3) is 0 Å². The Morgan fingerprint density at radius 3 is 3.08 bits per heavy atom. The Morgan fingerprint density at radius 2 is 2.38 bits per heavy atom. The summed E-state index contributed by atoms with van der Waals surface area (Å²) in [5.41, 5.74) is 1.35. The molecular formula is C10H13BrN2. The van der Waals surface area contributed by atoms with Crippen LogP contribution in [0, 0.1) is 0 Å². The van der Waals surface area contributed by atoms with Gasteiger partial charge in [0.2, 0.25) is 0 Å². The number of hydrogen-bond acceptors (Lipinski definition) is 2. The first-order valence-corrected chi connectivity index (χ1v) is 5.43. The predicted molar refractivity (Wildman–Crippen MR) is 58.1 cm³/mol. The van der Waals surface area contributed by atoms with E-state index in [-0.39, 0.29) is 0 Å². The van der Waals surface area contributed by atoms with E-state index in [1.165, 1.54) is 12.0 Å². The van der Waals surface area contributed by atoms with Crippen molar-refractivity contribution in [3.63, 3.8) is 0 Å². The monoisotopic (exact) mass is 240 g/mol. The molecule has 0 amide bonds. The van der Waals surface area contributed by atoms with Crippen LogP contribution in [0.2, 0.25) is 0 Å². The first kappa shape index (κ1) is 9.00. The van der Waals surface area contributed by atoms with E-state index in [1.54, 1.807) is 0 Å². The largest absolute Gasteiger partial charge is 0.367 e. The SMILES string of the molecule is CCC1c2cc(Br)cnc2NC1C. The van der Waals surface area contributed by atoms with Gasteiger partial charge in [-0.25, -0.2) is 4.98 Å². The number of aromatic nitrogens is 1. The van der Waals surface area contributed by atoms with E-state index < -0.39 is 0 Å². The molecular weight excluding hydrogens is 228 g/mol. The molecule has 0 radical (unpaired) electrons. The Labute approximate surface area is 86.9 Å². The lowest BCUT2D eigenvalue weighted by Gasteiger charge is -2.12. The van der Waals surface area contributed by atoms with Gasteiger partial charge in [-0.2, -0.15) is 0 Å². The van der Waals surface area contributed by atoms with Crippen molar-refractivity contribution in [1.82, 2.24) is 4.98 Å². The summed E-state index contributed by atoms with van der Waals surface area (Å²) in [7, 11) is 0. The minimum absolute atomic E-state index is 0.516. The second-order valence-corrected chi connectivity index (χ2v) is 4.45. The third-order valence-electron chi connectivity index (χ3n) is 2.69. The molecule has 1 aliphatic rings.